The normalized spacial score (nSPS) is 30.7. The number of nitrogens with one attached hydrogen (secondary N) is 1. The number of aliphatic hydroxyl groups is 1. The molecule has 14 nitrogen and oxygen atoms in total. The molecule has 3 amide bonds. The van der Waals surface area contributed by atoms with Crippen LogP contribution in [-0.4, -0.2) is 103 Å². The number of hydrogen-bond donors (Lipinski definition) is 3. The molecule has 54 heavy (non-hydrogen) atoms. The van der Waals surface area contributed by atoms with E-state index in [1.807, 2.05) is 6.92 Å². The Bertz CT molecular complexity index is 1870. The summed E-state index contributed by atoms with van der Waals surface area (Å²) >= 11 is 6.66. The Kier molecular flexibility index (Phi) is 11.9. The molecule has 2 fully saturated rings. The molecule has 3 heterocycles. The molecule has 0 saturated carbocycles. The van der Waals surface area contributed by atoms with Crippen LogP contribution in [0.4, 0.5) is 16.2 Å². The fourth-order valence-electron chi connectivity index (χ4n) is 7.00. The number of carbonyl (C=O) groups excluding carboxylic acids is 5. The van der Waals surface area contributed by atoms with Gasteiger partial charge >= 0.3 is 12.1 Å². The summed E-state index contributed by atoms with van der Waals surface area (Å²) < 4.78 is 23.6. The number of anilines is 2. The number of rotatable bonds is 6. The second-order valence-electron chi connectivity index (χ2n) is 14.4. The van der Waals surface area contributed by atoms with Crippen molar-refractivity contribution in [2.45, 2.75) is 88.7 Å². The number of aldehydes is 1. The molecule has 8 atom stereocenters. The number of amides is 3. The summed E-state index contributed by atoms with van der Waals surface area (Å²) in [4.78, 5) is 68.6. The van der Waals surface area contributed by atoms with E-state index in [1.165, 1.54) is 37.9 Å². The molecule has 2 saturated heterocycles. The van der Waals surface area contributed by atoms with Gasteiger partial charge < -0.3 is 39.6 Å². The quantitative estimate of drug-likeness (QED) is 0.165. The third-order valence-corrected chi connectivity index (χ3v) is 11.0. The minimum Gasteiger partial charge on any atom is -0.457 e. The highest BCUT2D eigenvalue weighted by molar-refractivity contribution is 6.36. The Morgan fingerprint density at radius 1 is 1.22 bits per heavy atom. The second-order valence-corrected chi connectivity index (χ2v) is 14.8. The van der Waals surface area contributed by atoms with Crippen molar-refractivity contribution in [1.29, 1.82) is 0 Å². The lowest BCUT2D eigenvalue weighted by atomic mass is 9.83. The van der Waals surface area contributed by atoms with E-state index in [2.05, 4.69) is 5.32 Å². The van der Waals surface area contributed by atoms with Crippen LogP contribution in [0.1, 0.15) is 66.8 Å². The Hall–Kier alpha value is -4.76. The van der Waals surface area contributed by atoms with E-state index in [-0.39, 0.29) is 29.1 Å². The SMILES string of the molecule is CO[C@@H]1/C=C/C=C(\C)Cc2cc(C=O)c(Cl)c(c2)N(C)C(=O)C[C@H](OC(=O)[C@H](C)N(C)C(=O)c2ccc(N)cc2)[C@]2(C)O[C@H]2[C@H](C)[C@@H]2C[C@@]1(O)NC(=O)O2. The third kappa shape index (κ3) is 8.31. The van der Waals surface area contributed by atoms with Gasteiger partial charge in [0.2, 0.25) is 5.91 Å². The number of epoxide rings is 1. The first-order valence-electron chi connectivity index (χ1n) is 17.6. The van der Waals surface area contributed by atoms with Crippen LogP contribution < -0.4 is 16.0 Å². The molecule has 15 heteroatoms. The zero-order valence-electron chi connectivity index (χ0n) is 31.3. The van der Waals surface area contributed by atoms with E-state index >= 15 is 0 Å². The molecule has 0 aromatic heterocycles. The lowest BCUT2D eigenvalue weighted by Crippen LogP contribution is -2.63. The number of likely N-dealkylation sites (N-methyl/N-ethyl adjacent to an activating group) is 1. The van der Waals surface area contributed by atoms with E-state index in [4.69, 9.17) is 36.3 Å². The average Bonchev–Trinajstić information content (AvgIpc) is 3.83. The van der Waals surface area contributed by atoms with Gasteiger partial charge in [0.15, 0.2) is 12.0 Å². The highest BCUT2D eigenvalue weighted by Gasteiger charge is 2.64. The van der Waals surface area contributed by atoms with Gasteiger partial charge in [0.1, 0.15) is 30.0 Å². The Labute approximate surface area is 319 Å². The van der Waals surface area contributed by atoms with E-state index in [9.17, 15) is 29.1 Å². The number of hydrogen-bond acceptors (Lipinski definition) is 11. The number of benzene rings is 2. The number of fused-ring (bicyclic) bond motifs is 5. The Morgan fingerprint density at radius 3 is 2.56 bits per heavy atom. The number of halogens is 1. The molecule has 290 valence electrons. The van der Waals surface area contributed by atoms with Crippen LogP contribution in [0.2, 0.25) is 5.02 Å². The van der Waals surface area contributed by atoms with Gasteiger partial charge in [0, 0.05) is 50.4 Å². The standard InChI is InChI=1S/C39H47ClN4O10/c1-21-9-8-10-30(51-7)39(50)19-29(52-37(49)42-39)22(2)34-38(4,54-34)31(18-32(46)44(6)28-17-24(15-21)16-26(20-45)33(28)40)53-36(48)23(3)43(5)35(47)25-11-13-27(41)14-12-25/h8-14,16-17,20,22-23,29-31,34,50H,15,18-19,41H2,1-7H3,(H,42,49)/b10-8+,21-9+/t22-,23+,29+,30-,31+,34+,38+,39+/m1/s1. The zero-order valence-corrected chi connectivity index (χ0v) is 32.1. The molecule has 2 aromatic rings. The smallest absolute Gasteiger partial charge is 0.409 e. The fourth-order valence-corrected chi connectivity index (χ4v) is 7.28. The maximum absolute atomic E-state index is 14.1. The first kappa shape index (κ1) is 40.4. The predicted molar refractivity (Wildman–Crippen MR) is 200 cm³/mol. The molecule has 0 spiro atoms. The van der Waals surface area contributed by atoms with Crippen molar-refractivity contribution >= 4 is 53.1 Å². The summed E-state index contributed by atoms with van der Waals surface area (Å²) in [6.07, 6.45) is 1.01. The first-order valence-corrected chi connectivity index (χ1v) is 17.9. The molecule has 3 aliphatic heterocycles. The van der Waals surface area contributed by atoms with Crippen molar-refractivity contribution in [3.05, 3.63) is 81.9 Å². The number of carbonyl (C=O) groups is 5. The van der Waals surface area contributed by atoms with E-state index in [0.717, 1.165) is 5.57 Å². The van der Waals surface area contributed by atoms with Crippen molar-refractivity contribution in [3.8, 4) is 0 Å². The van der Waals surface area contributed by atoms with Gasteiger partial charge in [0.25, 0.3) is 5.91 Å². The topological polar surface area (TPSA) is 190 Å². The van der Waals surface area contributed by atoms with Crippen LogP contribution in [0.5, 0.6) is 0 Å². The third-order valence-electron chi connectivity index (χ3n) is 10.6. The number of alkyl carbamates (subject to hydrolysis) is 1. The predicted octanol–water partition coefficient (Wildman–Crippen LogP) is 4.21. The lowest BCUT2D eigenvalue weighted by Gasteiger charge is -2.42. The summed E-state index contributed by atoms with van der Waals surface area (Å²) in [5.74, 6) is -2.33. The van der Waals surface area contributed by atoms with Gasteiger partial charge in [0.05, 0.1) is 23.2 Å². The first-order chi connectivity index (χ1) is 25.4. The lowest BCUT2D eigenvalue weighted by molar-refractivity contribution is -0.158. The van der Waals surface area contributed by atoms with Crippen LogP contribution in [-0.2, 0) is 35.0 Å². The van der Waals surface area contributed by atoms with Crippen LogP contribution in [0.3, 0.4) is 0 Å². The Morgan fingerprint density at radius 2 is 1.91 bits per heavy atom. The summed E-state index contributed by atoms with van der Waals surface area (Å²) in [7, 11) is 4.37. The average molecular weight is 767 g/mol. The molecule has 3 aliphatic rings. The summed E-state index contributed by atoms with van der Waals surface area (Å²) in [5.41, 5.74) is 5.42. The van der Waals surface area contributed by atoms with Gasteiger partial charge in [-0.2, -0.15) is 0 Å². The minimum atomic E-state index is -1.86. The monoisotopic (exact) mass is 766 g/mol. The maximum Gasteiger partial charge on any atom is 0.409 e. The van der Waals surface area contributed by atoms with Gasteiger partial charge in [-0.25, -0.2) is 9.59 Å². The summed E-state index contributed by atoms with van der Waals surface area (Å²) in [6, 6.07) is 8.51. The highest BCUT2D eigenvalue weighted by Crippen LogP contribution is 2.49. The zero-order chi connectivity index (χ0) is 39.7. The van der Waals surface area contributed by atoms with Crippen LogP contribution in [0.25, 0.3) is 0 Å². The molecule has 0 aliphatic carbocycles. The van der Waals surface area contributed by atoms with Crippen LogP contribution >= 0.6 is 11.6 Å². The second kappa shape index (κ2) is 15.9. The maximum atomic E-state index is 14.1. The van der Waals surface area contributed by atoms with E-state index < -0.39 is 71.6 Å². The van der Waals surface area contributed by atoms with Crippen molar-refractivity contribution in [1.82, 2.24) is 10.2 Å². The molecule has 4 bridgehead atoms. The number of nitrogen functional groups attached to an aromatic ring is 1. The summed E-state index contributed by atoms with van der Waals surface area (Å²) in [5, 5.41) is 14.3. The van der Waals surface area contributed by atoms with Crippen LogP contribution in [0.15, 0.2) is 60.2 Å². The number of esters is 1. The van der Waals surface area contributed by atoms with Crippen molar-refractivity contribution in [3.63, 3.8) is 0 Å². The molecule has 5 rings (SSSR count). The van der Waals surface area contributed by atoms with Crippen molar-refractivity contribution in [2.24, 2.45) is 5.92 Å². The van der Waals surface area contributed by atoms with Crippen molar-refractivity contribution in [2.75, 3.05) is 31.8 Å². The van der Waals surface area contributed by atoms with Gasteiger partial charge in [-0.15, -0.1) is 0 Å². The Balaban J connectivity index is 1.52. The van der Waals surface area contributed by atoms with Crippen molar-refractivity contribution < 1.29 is 48.0 Å². The van der Waals surface area contributed by atoms with Gasteiger partial charge in [-0.05, 0) is 69.2 Å². The number of ether oxygens (including phenoxy) is 4. The molecular weight excluding hydrogens is 720 g/mol. The molecule has 0 radical (unpaired) electrons. The molecular formula is C39H47ClN4O10. The summed E-state index contributed by atoms with van der Waals surface area (Å²) in [6.45, 7) is 6.82. The number of nitrogens with zero attached hydrogens (tertiary/aromatic N) is 2. The molecule has 0 unspecified atom stereocenters. The van der Waals surface area contributed by atoms with Gasteiger partial charge in [-0.1, -0.05) is 42.3 Å². The van der Waals surface area contributed by atoms with Gasteiger partial charge in [-0.3, -0.25) is 19.7 Å². The van der Waals surface area contributed by atoms with E-state index in [1.54, 1.807) is 68.5 Å². The largest absolute Gasteiger partial charge is 0.457 e. The number of nitrogens with two attached hydrogens (primary N) is 1. The van der Waals surface area contributed by atoms with Crippen LogP contribution in [0, 0.1) is 5.92 Å². The highest BCUT2D eigenvalue weighted by atomic mass is 35.5. The number of allylic oxidation sites excluding steroid dienone is 3. The number of methoxy groups -OCH3 is 1. The minimum absolute atomic E-state index is 0.0696. The fraction of sp³-hybridized carbons (Fsp3) is 0.462. The molecule has 4 N–H and O–H groups in total. The van der Waals surface area contributed by atoms with E-state index in [0.29, 0.717) is 29.5 Å². The molecule has 2 aromatic carbocycles.